The Hall–Kier alpha value is -3.26. The van der Waals surface area contributed by atoms with Gasteiger partial charge in [0.25, 0.3) is 0 Å². The summed E-state index contributed by atoms with van der Waals surface area (Å²) in [6, 6.07) is 27.6. The third kappa shape index (κ3) is 3.39. The summed E-state index contributed by atoms with van der Waals surface area (Å²) in [6.07, 6.45) is 1.78. The number of aromatic nitrogens is 1. The Bertz CT molecular complexity index is 1080. The first-order valence-corrected chi connectivity index (χ1v) is 9.24. The second kappa shape index (κ2) is 7.55. The van der Waals surface area contributed by atoms with E-state index >= 15 is 0 Å². The molecular weight excluding hydrogens is 330 g/mol. The molecule has 2 heteroatoms. The van der Waals surface area contributed by atoms with Crippen LogP contribution in [0.1, 0.15) is 11.3 Å². The fraction of sp³-hybridized carbons (Fsp3) is 0.120. The van der Waals surface area contributed by atoms with Crippen molar-refractivity contribution in [2.45, 2.75) is 13.5 Å². The molecule has 1 heterocycles. The Morgan fingerprint density at radius 3 is 2.52 bits per heavy atom. The van der Waals surface area contributed by atoms with Gasteiger partial charge in [0.1, 0.15) is 12.4 Å². The van der Waals surface area contributed by atoms with Crippen molar-refractivity contribution in [3.8, 4) is 16.9 Å². The molecule has 0 saturated carbocycles. The molecular formula is C25H23NO. The number of aryl methyl sites for hydroxylation is 1. The van der Waals surface area contributed by atoms with Gasteiger partial charge >= 0.3 is 0 Å². The van der Waals surface area contributed by atoms with Gasteiger partial charge in [0, 0.05) is 17.6 Å². The summed E-state index contributed by atoms with van der Waals surface area (Å²) in [5.41, 5.74) is 6.25. The summed E-state index contributed by atoms with van der Waals surface area (Å²) >= 11 is 0. The highest BCUT2D eigenvalue weighted by atomic mass is 16.5. The van der Waals surface area contributed by atoms with E-state index < -0.39 is 0 Å². The lowest BCUT2D eigenvalue weighted by Crippen LogP contribution is -2.03. The highest BCUT2D eigenvalue weighted by molar-refractivity contribution is 5.87. The molecule has 134 valence electrons. The van der Waals surface area contributed by atoms with Gasteiger partial charge in [-0.1, -0.05) is 73.3 Å². The summed E-state index contributed by atoms with van der Waals surface area (Å²) in [4.78, 5) is 0. The van der Waals surface area contributed by atoms with E-state index in [0.717, 1.165) is 17.7 Å². The van der Waals surface area contributed by atoms with Crippen molar-refractivity contribution in [3.05, 3.63) is 103 Å². The van der Waals surface area contributed by atoms with Crippen molar-refractivity contribution in [2.75, 3.05) is 6.61 Å². The van der Waals surface area contributed by atoms with Crippen LogP contribution in [0, 0.1) is 6.92 Å². The largest absolute Gasteiger partial charge is 0.489 e. The zero-order chi connectivity index (χ0) is 18.6. The lowest BCUT2D eigenvalue weighted by Gasteiger charge is -2.14. The molecule has 0 fully saturated rings. The van der Waals surface area contributed by atoms with Crippen LogP contribution in [0.5, 0.6) is 5.75 Å². The molecule has 1 aromatic heterocycles. The highest BCUT2D eigenvalue weighted by Crippen LogP contribution is 2.31. The van der Waals surface area contributed by atoms with E-state index in [0.29, 0.717) is 6.61 Å². The van der Waals surface area contributed by atoms with Crippen molar-refractivity contribution in [2.24, 2.45) is 0 Å². The molecule has 0 amide bonds. The molecule has 0 aliphatic carbocycles. The van der Waals surface area contributed by atoms with Crippen LogP contribution in [0.25, 0.3) is 22.0 Å². The van der Waals surface area contributed by atoms with Gasteiger partial charge in [-0.3, -0.25) is 0 Å². The second-order valence-corrected chi connectivity index (χ2v) is 6.68. The van der Waals surface area contributed by atoms with E-state index in [1.165, 1.54) is 27.9 Å². The van der Waals surface area contributed by atoms with Crippen LogP contribution < -0.4 is 4.74 Å². The van der Waals surface area contributed by atoms with Gasteiger partial charge in [-0.05, 0) is 41.8 Å². The van der Waals surface area contributed by atoms with Crippen LogP contribution in [0.3, 0.4) is 0 Å². The predicted octanol–water partition coefficient (Wildman–Crippen LogP) is 6.23. The van der Waals surface area contributed by atoms with Crippen LogP contribution in [0.15, 0.2) is 91.5 Å². The maximum Gasteiger partial charge on any atom is 0.129 e. The van der Waals surface area contributed by atoms with E-state index in [1.54, 1.807) is 6.08 Å². The third-order valence-corrected chi connectivity index (χ3v) is 4.90. The molecule has 0 bridgehead atoms. The normalized spacial score (nSPS) is 10.9. The van der Waals surface area contributed by atoms with Gasteiger partial charge in [0.2, 0.25) is 0 Å². The number of rotatable bonds is 6. The van der Waals surface area contributed by atoms with Crippen molar-refractivity contribution in [1.82, 2.24) is 4.57 Å². The van der Waals surface area contributed by atoms with Crippen LogP contribution >= 0.6 is 0 Å². The monoisotopic (exact) mass is 353 g/mol. The third-order valence-electron chi connectivity index (χ3n) is 4.90. The number of hydrogen-bond acceptors (Lipinski definition) is 1. The van der Waals surface area contributed by atoms with E-state index in [1.807, 2.05) is 6.07 Å². The van der Waals surface area contributed by atoms with Crippen molar-refractivity contribution >= 4 is 10.9 Å². The summed E-state index contributed by atoms with van der Waals surface area (Å²) in [7, 11) is 0. The minimum atomic E-state index is 0.514. The smallest absolute Gasteiger partial charge is 0.129 e. The Labute approximate surface area is 160 Å². The summed E-state index contributed by atoms with van der Waals surface area (Å²) in [5, 5.41) is 1.15. The lowest BCUT2D eigenvalue weighted by atomic mass is 9.99. The molecule has 27 heavy (non-hydrogen) atoms. The van der Waals surface area contributed by atoms with Crippen LogP contribution in [0.2, 0.25) is 0 Å². The Morgan fingerprint density at radius 1 is 0.926 bits per heavy atom. The van der Waals surface area contributed by atoms with Gasteiger partial charge < -0.3 is 9.30 Å². The van der Waals surface area contributed by atoms with E-state index in [9.17, 15) is 0 Å². The quantitative estimate of drug-likeness (QED) is 0.375. The maximum absolute atomic E-state index is 5.85. The zero-order valence-electron chi connectivity index (χ0n) is 15.6. The number of nitrogens with zero attached hydrogens (tertiary/aromatic N) is 1. The second-order valence-electron chi connectivity index (χ2n) is 6.68. The van der Waals surface area contributed by atoms with Crippen LogP contribution in [0.4, 0.5) is 0 Å². The molecule has 0 unspecified atom stereocenters. The zero-order valence-corrected chi connectivity index (χ0v) is 15.6. The van der Waals surface area contributed by atoms with Gasteiger partial charge in [-0.15, -0.1) is 0 Å². The van der Waals surface area contributed by atoms with Crippen molar-refractivity contribution in [3.63, 3.8) is 0 Å². The minimum absolute atomic E-state index is 0.514. The molecule has 2 nitrogen and oxygen atoms in total. The van der Waals surface area contributed by atoms with E-state index in [4.69, 9.17) is 4.74 Å². The lowest BCUT2D eigenvalue weighted by molar-refractivity contribution is 0.367. The Balaban J connectivity index is 1.77. The van der Waals surface area contributed by atoms with Gasteiger partial charge in [-0.2, -0.15) is 0 Å². The van der Waals surface area contributed by atoms with Crippen molar-refractivity contribution in [1.29, 1.82) is 0 Å². The fourth-order valence-electron chi connectivity index (χ4n) is 3.60. The Kier molecular flexibility index (Phi) is 4.80. The van der Waals surface area contributed by atoms with E-state index in [2.05, 4.69) is 90.9 Å². The average Bonchev–Trinajstić information content (AvgIpc) is 3.03. The molecule has 0 spiro atoms. The first-order chi connectivity index (χ1) is 13.3. The number of ether oxygens (including phenoxy) is 1. The summed E-state index contributed by atoms with van der Waals surface area (Å²) in [5.74, 6) is 0.908. The van der Waals surface area contributed by atoms with E-state index in [-0.39, 0.29) is 0 Å². The highest BCUT2D eigenvalue weighted by Gasteiger charge is 2.12. The molecule has 3 aromatic carbocycles. The average molecular weight is 353 g/mol. The first kappa shape index (κ1) is 17.2. The number of benzene rings is 3. The topological polar surface area (TPSA) is 14.2 Å². The molecule has 0 aliphatic heterocycles. The molecule has 4 aromatic rings. The molecule has 0 atom stereocenters. The molecule has 0 radical (unpaired) electrons. The van der Waals surface area contributed by atoms with Gasteiger partial charge in [0.15, 0.2) is 0 Å². The standard InChI is InChI=1S/C25H23NO/c1-3-16-27-25-15-9-14-24-23(25)17-19(2)26(24)18-21-12-7-8-13-22(21)20-10-5-4-6-11-20/h3-15,17H,1,16,18H2,2H3. The maximum atomic E-state index is 5.85. The summed E-state index contributed by atoms with van der Waals surface area (Å²) < 4.78 is 8.21. The first-order valence-electron chi connectivity index (χ1n) is 9.24. The fourth-order valence-corrected chi connectivity index (χ4v) is 3.60. The number of fused-ring (bicyclic) bond motifs is 1. The minimum Gasteiger partial charge on any atom is -0.489 e. The molecule has 4 rings (SSSR count). The molecule has 0 N–H and O–H groups in total. The van der Waals surface area contributed by atoms with Crippen LogP contribution in [-0.4, -0.2) is 11.2 Å². The van der Waals surface area contributed by atoms with Gasteiger partial charge in [0.05, 0.1) is 5.52 Å². The molecule has 0 aliphatic rings. The van der Waals surface area contributed by atoms with Crippen molar-refractivity contribution < 1.29 is 4.74 Å². The summed E-state index contributed by atoms with van der Waals surface area (Å²) in [6.45, 7) is 7.24. The predicted molar refractivity (Wildman–Crippen MR) is 113 cm³/mol. The number of hydrogen-bond donors (Lipinski definition) is 0. The van der Waals surface area contributed by atoms with Gasteiger partial charge in [-0.25, -0.2) is 0 Å². The SMILES string of the molecule is C=CCOc1cccc2c1cc(C)n2Cc1ccccc1-c1ccccc1. The molecule has 0 saturated heterocycles. The van der Waals surface area contributed by atoms with Crippen LogP contribution in [-0.2, 0) is 6.54 Å². The Morgan fingerprint density at radius 2 is 1.70 bits per heavy atom.